The molecule has 0 bridgehead atoms. The zero-order chi connectivity index (χ0) is 21.5. The molecule has 0 radical (unpaired) electrons. The molecule has 4 rings (SSSR count). The lowest BCUT2D eigenvalue weighted by Crippen LogP contribution is -2.04. The van der Waals surface area contributed by atoms with Crippen LogP contribution in [0.3, 0.4) is 0 Å². The fourth-order valence-electron chi connectivity index (χ4n) is 3.40. The zero-order valence-electron chi connectivity index (χ0n) is 16.2. The van der Waals surface area contributed by atoms with Gasteiger partial charge in [0, 0.05) is 36.1 Å². The van der Waals surface area contributed by atoms with Crippen LogP contribution >= 0.6 is 0 Å². The number of aromatic nitrogens is 2. The normalized spacial score (nSPS) is 11.6. The maximum absolute atomic E-state index is 13.1. The highest BCUT2D eigenvalue weighted by Crippen LogP contribution is 2.36. The first-order valence-corrected chi connectivity index (χ1v) is 9.04. The number of phenols is 1. The lowest BCUT2D eigenvalue weighted by Gasteiger charge is -2.10. The van der Waals surface area contributed by atoms with Crippen LogP contribution in [0.5, 0.6) is 11.5 Å². The molecule has 2 aromatic carbocycles. The van der Waals surface area contributed by atoms with E-state index in [-0.39, 0.29) is 5.75 Å². The molecular formula is C22H18F3N3O2. The summed E-state index contributed by atoms with van der Waals surface area (Å²) in [6.07, 6.45) is -2.80. The Morgan fingerprint density at radius 2 is 1.87 bits per heavy atom. The second-order valence-electron chi connectivity index (χ2n) is 6.77. The fraction of sp³-hybridized carbons (Fsp3) is 0.136. The third-order valence-electron chi connectivity index (χ3n) is 4.90. The third kappa shape index (κ3) is 3.52. The average molecular weight is 413 g/mol. The monoisotopic (exact) mass is 413 g/mol. The van der Waals surface area contributed by atoms with Crippen molar-refractivity contribution >= 4 is 22.4 Å². The second-order valence-corrected chi connectivity index (χ2v) is 6.77. The van der Waals surface area contributed by atoms with E-state index in [9.17, 15) is 18.3 Å². The Kier molecular flexibility index (Phi) is 4.77. The predicted octanol–water partition coefficient (Wildman–Crippen LogP) is 5.72. The number of nitrogens with one attached hydrogen (secondary N) is 1. The molecule has 2 heterocycles. The summed E-state index contributed by atoms with van der Waals surface area (Å²) in [5.41, 5.74) is 1.78. The summed E-state index contributed by atoms with van der Waals surface area (Å²) in [5, 5.41) is 13.9. The van der Waals surface area contributed by atoms with E-state index < -0.39 is 11.7 Å². The first kappa shape index (κ1) is 19.6. The number of hydrogen-bond donors (Lipinski definition) is 2. The molecule has 0 saturated heterocycles. The number of rotatable bonds is 4. The highest BCUT2D eigenvalue weighted by atomic mass is 19.4. The lowest BCUT2D eigenvalue weighted by molar-refractivity contribution is -0.137. The van der Waals surface area contributed by atoms with Gasteiger partial charge in [-0.2, -0.15) is 13.2 Å². The molecule has 0 aliphatic carbocycles. The number of pyridine rings is 1. The van der Waals surface area contributed by atoms with Gasteiger partial charge in [-0.15, -0.1) is 0 Å². The Balaban J connectivity index is 1.77. The molecule has 4 aromatic rings. The van der Waals surface area contributed by atoms with Crippen LogP contribution in [0.15, 0.2) is 60.8 Å². The summed E-state index contributed by atoms with van der Waals surface area (Å²) in [7, 11) is 3.25. The first-order valence-electron chi connectivity index (χ1n) is 9.04. The molecule has 2 aromatic heterocycles. The van der Waals surface area contributed by atoms with Crippen LogP contribution in [0.4, 0.5) is 24.7 Å². The minimum Gasteiger partial charge on any atom is -0.504 e. The molecule has 0 fully saturated rings. The molecule has 0 aliphatic rings. The summed E-state index contributed by atoms with van der Waals surface area (Å²) in [4.78, 5) is 4.36. The van der Waals surface area contributed by atoms with Gasteiger partial charge >= 0.3 is 6.18 Å². The molecule has 0 amide bonds. The van der Waals surface area contributed by atoms with Gasteiger partial charge in [0.25, 0.3) is 0 Å². The quantitative estimate of drug-likeness (QED) is 0.450. The van der Waals surface area contributed by atoms with Crippen LogP contribution in [0.1, 0.15) is 5.56 Å². The van der Waals surface area contributed by atoms with Gasteiger partial charge in [-0.25, -0.2) is 4.98 Å². The van der Waals surface area contributed by atoms with Crippen molar-refractivity contribution in [1.29, 1.82) is 0 Å². The molecular weight excluding hydrogens is 395 g/mol. The van der Waals surface area contributed by atoms with Crippen LogP contribution in [0, 0.1) is 0 Å². The fourth-order valence-corrected chi connectivity index (χ4v) is 3.40. The molecule has 0 atom stereocenters. The SMILES string of the molecule is COc1ccc(Nc2nccc3c2cc(-c2cccc(C(F)(F)F)c2)n3C)cc1O. The van der Waals surface area contributed by atoms with E-state index in [0.717, 1.165) is 23.0 Å². The van der Waals surface area contributed by atoms with E-state index >= 15 is 0 Å². The van der Waals surface area contributed by atoms with Gasteiger partial charge in [0.15, 0.2) is 11.5 Å². The van der Waals surface area contributed by atoms with Gasteiger partial charge in [0.2, 0.25) is 0 Å². The molecule has 8 heteroatoms. The average Bonchev–Trinajstić information content (AvgIpc) is 3.05. The number of aryl methyl sites for hydroxylation is 1. The highest BCUT2D eigenvalue weighted by Gasteiger charge is 2.30. The van der Waals surface area contributed by atoms with Gasteiger partial charge in [-0.05, 0) is 42.0 Å². The minimum atomic E-state index is -4.41. The van der Waals surface area contributed by atoms with Crippen LogP contribution in [-0.2, 0) is 13.2 Å². The molecule has 154 valence electrons. The Morgan fingerprint density at radius 3 is 2.57 bits per heavy atom. The molecule has 30 heavy (non-hydrogen) atoms. The Labute approximate surface area is 170 Å². The highest BCUT2D eigenvalue weighted by molar-refractivity contribution is 5.96. The zero-order valence-corrected chi connectivity index (χ0v) is 16.2. The number of phenolic OH excluding ortho intramolecular Hbond substituents is 1. The van der Waals surface area contributed by atoms with E-state index in [0.29, 0.717) is 28.5 Å². The summed E-state index contributed by atoms with van der Waals surface area (Å²) < 4.78 is 46.2. The Morgan fingerprint density at radius 1 is 1.07 bits per heavy atom. The topological polar surface area (TPSA) is 59.3 Å². The van der Waals surface area contributed by atoms with E-state index in [1.807, 2.05) is 4.57 Å². The third-order valence-corrected chi connectivity index (χ3v) is 4.90. The second kappa shape index (κ2) is 7.29. The van der Waals surface area contributed by atoms with E-state index in [1.165, 1.54) is 19.2 Å². The summed E-state index contributed by atoms with van der Waals surface area (Å²) >= 11 is 0. The van der Waals surface area contributed by atoms with Crippen molar-refractivity contribution in [2.24, 2.45) is 7.05 Å². The number of nitrogens with zero attached hydrogens (tertiary/aromatic N) is 2. The predicted molar refractivity (Wildman–Crippen MR) is 109 cm³/mol. The van der Waals surface area contributed by atoms with Gasteiger partial charge in [0.1, 0.15) is 5.82 Å². The van der Waals surface area contributed by atoms with Crippen LogP contribution in [0.2, 0.25) is 0 Å². The minimum absolute atomic E-state index is 0.0209. The van der Waals surface area contributed by atoms with E-state index in [4.69, 9.17) is 4.74 Å². The van der Waals surface area contributed by atoms with Gasteiger partial charge < -0.3 is 19.7 Å². The van der Waals surface area contributed by atoms with Gasteiger partial charge in [-0.1, -0.05) is 12.1 Å². The van der Waals surface area contributed by atoms with Crippen LogP contribution < -0.4 is 10.1 Å². The number of aromatic hydroxyl groups is 1. The molecule has 0 saturated carbocycles. The summed E-state index contributed by atoms with van der Waals surface area (Å²) in [6, 6.07) is 13.7. The molecule has 0 spiro atoms. The largest absolute Gasteiger partial charge is 0.504 e. The van der Waals surface area contributed by atoms with E-state index in [1.54, 1.807) is 43.6 Å². The number of hydrogen-bond acceptors (Lipinski definition) is 4. The van der Waals surface area contributed by atoms with Crippen molar-refractivity contribution in [2.75, 3.05) is 12.4 Å². The van der Waals surface area contributed by atoms with Crippen molar-refractivity contribution in [3.63, 3.8) is 0 Å². The number of benzene rings is 2. The maximum atomic E-state index is 13.1. The van der Waals surface area contributed by atoms with Crippen molar-refractivity contribution < 1.29 is 23.0 Å². The number of halogens is 3. The molecule has 0 unspecified atom stereocenters. The number of anilines is 2. The molecule has 2 N–H and O–H groups in total. The molecule has 0 aliphatic heterocycles. The number of methoxy groups -OCH3 is 1. The Bertz CT molecular complexity index is 1230. The number of alkyl halides is 3. The smallest absolute Gasteiger partial charge is 0.416 e. The summed E-state index contributed by atoms with van der Waals surface area (Å²) in [5.74, 6) is 0.844. The first-order chi connectivity index (χ1) is 14.3. The molecule has 5 nitrogen and oxygen atoms in total. The standard InChI is InChI=1S/C22H18F3N3O2/c1-28-17-8-9-26-21(27-15-6-7-20(30-2)19(29)11-15)16(17)12-18(28)13-4-3-5-14(10-13)22(23,24)25/h3-12,29H,1-2H3,(H,26,27). The van der Waals surface area contributed by atoms with Crippen molar-refractivity contribution in [3.05, 3.63) is 66.4 Å². The van der Waals surface area contributed by atoms with Crippen molar-refractivity contribution in [2.45, 2.75) is 6.18 Å². The van der Waals surface area contributed by atoms with Gasteiger partial charge in [0.05, 0.1) is 18.2 Å². The van der Waals surface area contributed by atoms with Crippen molar-refractivity contribution in [1.82, 2.24) is 9.55 Å². The van der Waals surface area contributed by atoms with Crippen molar-refractivity contribution in [3.8, 4) is 22.8 Å². The lowest BCUT2D eigenvalue weighted by atomic mass is 10.1. The number of fused-ring (bicyclic) bond motifs is 1. The van der Waals surface area contributed by atoms with Gasteiger partial charge in [-0.3, -0.25) is 0 Å². The van der Waals surface area contributed by atoms with Crippen LogP contribution in [0.25, 0.3) is 22.2 Å². The van der Waals surface area contributed by atoms with Crippen LogP contribution in [-0.4, -0.2) is 21.8 Å². The summed E-state index contributed by atoms with van der Waals surface area (Å²) in [6.45, 7) is 0. The number of ether oxygens (including phenoxy) is 1. The maximum Gasteiger partial charge on any atom is 0.416 e. The Hall–Kier alpha value is -3.68. The van der Waals surface area contributed by atoms with E-state index in [2.05, 4.69) is 10.3 Å².